The predicted octanol–water partition coefficient (Wildman–Crippen LogP) is 8.39. The fraction of sp³-hybridized carbons (Fsp3) is 0.296. The van der Waals surface area contributed by atoms with Gasteiger partial charge in [0, 0.05) is 18.1 Å². The van der Waals surface area contributed by atoms with Gasteiger partial charge in [-0.1, -0.05) is 59.6 Å². The van der Waals surface area contributed by atoms with E-state index in [1.54, 1.807) is 48.5 Å². The lowest BCUT2D eigenvalue weighted by molar-refractivity contribution is -0.137. The molecule has 1 aliphatic carbocycles. The Kier molecular flexibility index (Phi) is 7.62. The molecule has 0 heterocycles. The minimum absolute atomic E-state index is 0.0216. The van der Waals surface area contributed by atoms with Crippen molar-refractivity contribution in [2.45, 2.75) is 44.1 Å². The van der Waals surface area contributed by atoms with Gasteiger partial charge in [0.1, 0.15) is 5.67 Å². The molecule has 2 nitrogen and oxygen atoms in total. The van der Waals surface area contributed by atoms with Gasteiger partial charge in [0.2, 0.25) is 0 Å². The maximum Gasteiger partial charge on any atom is 0.416 e. The van der Waals surface area contributed by atoms with E-state index in [0.29, 0.717) is 47.5 Å². The van der Waals surface area contributed by atoms with E-state index in [9.17, 15) is 26.7 Å². The lowest BCUT2D eigenvalue weighted by Crippen LogP contribution is -2.33. The first-order valence-corrected chi connectivity index (χ1v) is 12.1. The van der Waals surface area contributed by atoms with E-state index in [4.69, 9.17) is 23.2 Å². The van der Waals surface area contributed by atoms with Crippen molar-refractivity contribution in [1.29, 1.82) is 0 Å². The van der Waals surface area contributed by atoms with Gasteiger partial charge in [-0.05, 0) is 66.6 Å². The molecule has 0 spiro atoms. The number of carbonyl (C=O) groups excluding carboxylic acids is 1. The molecule has 0 unspecified atom stereocenters. The van der Waals surface area contributed by atoms with Crippen molar-refractivity contribution in [2.75, 3.05) is 6.54 Å². The van der Waals surface area contributed by atoms with Gasteiger partial charge in [0.05, 0.1) is 16.1 Å². The van der Waals surface area contributed by atoms with Crippen LogP contribution in [-0.2, 0) is 24.8 Å². The van der Waals surface area contributed by atoms with Crippen LogP contribution in [0.1, 0.15) is 51.9 Å². The summed E-state index contributed by atoms with van der Waals surface area (Å²) in [7, 11) is 0. The molecular formula is C27H22Cl2F5NO. The summed E-state index contributed by atoms with van der Waals surface area (Å²) in [6, 6.07) is 14.5. The lowest BCUT2D eigenvalue weighted by Gasteiger charge is -2.34. The number of hydrogen-bond donors (Lipinski definition) is 0. The van der Waals surface area contributed by atoms with Crippen LogP contribution in [0.15, 0.2) is 60.7 Å². The lowest BCUT2D eigenvalue weighted by atomic mass is 9.77. The molecule has 3 aromatic carbocycles. The number of nitrogens with zero attached hydrogens (tertiary/aromatic N) is 1. The van der Waals surface area contributed by atoms with E-state index < -0.39 is 39.7 Å². The molecule has 0 saturated heterocycles. The van der Waals surface area contributed by atoms with Crippen molar-refractivity contribution in [1.82, 2.24) is 4.90 Å². The molecule has 4 rings (SSSR count). The van der Waals surface area contributed by atoms with E-state index in [0.717, 1.165) is 12.0 Å². The van der Waals surface area contributed by atoms with Gasteiger partial charge in [0.15, 0.2) is 5.82 Å². The maximum atomic E-state index is 14.8. The van der Waals surface area contributed by atoms with E-state index >= 15 is 0 Å². The van der Waals surface area contributed by atoms with Crippen LogP contribution in [0, 0.1) is 5.82 Å². The zero-order valence-electron chi connectivity index (χ0n) is 19.0. The molecular weight excluding hydrogens is 520 g/mol. The van der Waals surface area contributed by atoms with Gasteiger partial charge in [0.25, 0.3) is 5.91 Å². The first-order chi connectivity index (χ1) is 17.0. The SMILES string of the molecule is O=C(c1cc(C(F)(F)F)cc(Cl)c1F)N(CCc1cccc(Cl)c1)Cc1ccc(C2(F)CCC2)cc1. The third-order valence-electron chi connectivity index (χ3n) is 6.42. The number of halogens is 7. The van der Waals surface area contributed by atoms with Crippen LogP contribution in [0.25, 0.3) is 0 Å². The maximum absolute atomic E-state index is 14.8. The second-order valence-corrected chi connectivity index (χ2v) is 9.78. The summed E-state index contributed by atoms with van der Waals surface area (Å²) >= 11 is 11.7. The summed E-state index contributed by atoms with van der Waals surface area (Å²) in [5, 5.41) is -0.297. The molecule has 0 atom stereocenters. The Bertz CT molecular complexity index is 1260. The summed E-state index contributed by atoms with van der Waals surface area (Å²) in [4.78, 5) is 14.6. The quantitative estimate of drug-likeness (QED) is 0.275. The fourth-order valence-corrected chi connectivity index (χ4v) is 4.62. The summed E-state index contributed by atoms with van der Waals surface area (Å²) in [6.45, 7) is 0.0492. The smallest absolute Gasteiger partial charge is 0.334 e. The number of hydrogen-bond acceptors (Lipinski definition) is 1. The number of amides is 1. The molecule has 0 aliphatic heterocycles. The Morgan fingerprint density at radius 2 is 1.67 bits per heavy atom. The van der Waals surface area contributed by atoms with Crippen molar-refractivity contribution < 1.29 is 26.7 Å². The third-order valence-corrected chi connectivity index (χ3v) is 6.93. The molecule has 0 N–H and O–H groups in total. The summed E-state index contributed by atoms with van der Waals surface area (Å²) < 4.78 is 69.4. The predicted molar refractivity (Wildman–Crippen MR) is 129 cm³/mol. The molecule has 1 fully saturated rings. The first kappa shape index (κ1) is 26.4. The topological polar surface area (TPSA) is 20.3 Å². The van der Waals surface area contributed by atoms with Crippen LogP contribution in [0.4, 0.5) is 22.0 Å². The zero-order valence-corrected chi connectivity index (χ0v) is 20.5. The minimum Gasteiger partial charge on any atom is -0.334 e. The molecule has 1 amide bonds. The van der Waals surface area contributed by atoms with Gasteiger partial charge in [-0.2, -0.15) is 13.2 Å². The van der Waals surface area contributed by atoms with Gasteiger partial charge >= 0.3 is 6.18 Å². The van der Waals surface area contributed by atoms with Gasteiger partial charge in [-0.25, -0.2) is 8.78 Å². The van der Waals surface area contributed by atoms with Crippen LogP contribution < -0.4 is 0 Å². The van der Waals surface area contributed by atoms with Crippen LogP contribution in [0.2, 0.25) is 10.0 Å². The second kappa shape index (κ2) is 10.4. The van der Waals surface area contributed by atoms with Crippen LogP contribution >= 0.6 is 23.2 Å². The fourth-order valence-electron chi connectivity index (χ4n) is 4.19. The molecule has 1 saturated carbocycles. The number of alkyl halides is 4. The van der Waals surface area contributed by atoms with E-state index in [2.05, 4.69) is 0 Å². The van der Waals surface area contributed by atoms with Crippen LogP contribution in [0.3, 0.4) is 0 Å². The Morgan fingerprint density at radius 3 is 2.25 bits per heavy atom. The van der Waals surface area contributed by atoms with Crippen molar-refractivity contribution in [3.8, 4) is 0 Å². The highest BCUT2D eigenvalue weighted by Gasteiger charge is 2.38. The number of carbonyl (C=O) groups is 1. The first-order valence-electron chi connectivity index (χ1n) is 11.3. The van der Waals surface area contributed by atoms with Crippen molar-refractivity contribution >= 4 is 29.1 Å². The highest BCUT2D eigenvalue weighted by atomic mass is 35.5. The Balaban J connectivity index is 1.63. The Labute approximate surface area is 215 Å². The Hall–Kier alpha value is -2.64. The molecule has 0 bridgehead atoms. The minimum atomic E-state index is -4.81. The van der Waals surface area contributed by atoms with E-state index in [1.165, 1.54) is 4.90 Å². The van der Waals surface area contributed by atoms with Gasteiger partial charge in [-0.15, -0.1) is 0 Å². The van der Waals surface area contributed by atoms with E-state index in [1.807, 2.05) is 0 Å². The number of rotatable bonds is 7. The summed E-state index contributed by atoms with van der Waals surface area (Å²) in [6.07, 6.45) is -2.77. The second-order valence-electron chi connectivity index (χ2n) is 8.94. The van der Waals surface area contributed by atoms with Crippen molar-refractivity contribution in [3.63, 3.8) is 0 Å². The molecule has 0 radical (unpaired) electrons. The summed E-state index contributed by atoms with van der Waals surface area (Å²) in [5.41, 5.74) is -1.37. The molecule has 1 aliphatic rings. The number of benzene rings is 3. The van der Waals surface area contributed by atoms with Crippen molar-refractivity contribution in [3.05, 3.63) is 104 Å². The Morgan fingerprint density at radius 1 is 0.972 bits per heavy atom. The normalized spacial score (nSPS) is 14.9. The third kappa shape index (κ3) is 5.84. The molecule has 190 valence electrons. The van der Waals surface area contributed by atoms with Crippen molar-refractivity contribution in [2.24, 2.45) is 0 Å². The average molecular weight is 542 g/mol. The van der Waals surface area contributed by atoms with Gasteiger partial charge < -0.3 is 4.90 Å². The highest BCUT2D eigenvalue weighted by molar-refractivity contribution is 6.31. The summed E-state index contributed by atoms with van der Waals surface area (Å²) in [5.74, 6) is -2.16. The van der Waals surface area contributed by atoms with Crippen LogP contribution in [0.5, 0.6) is 0 Å². The van der Waals surface area contributed by atoms with E-state index in [-0.39, 0.29) is 13.1 Å². The van der Waals surface area contributed by atoms with Gasteiger partial charge in [-0.3, -0.25) is 4.79 Å². The average Bonchev–Trinajstić information content (AvgIpc) is 2.81. The monoisotopic (exact) mass is 541 g/mol. The van der Waals surface area contributed by atoms with Crippen LogP contribution in [-0.4, -0.2) is 17.4 Å². The standard InChI is InChI=1S/C27H22Cl2F5NO/c28-21-4-1-3-17(13-21)9-12-35(16-18-5-7-19(8-6-18)26(31)10-2-11-26)25(36)22-14-20(27(32,33)34)15-23(29)24(22)30/h1,3-8,13-15H,2,9-12,16H2. The zero-order chi connectivity index (χ0) is 26.1. The largest absolute Gasteiger partial charge is 0.416 e. The molecule has 36 heavy (non-hydrogen) atoms. The molecule has 3 aromatic rings. The highest BCUT2D eigenvalue weighted by Crippen LogP contribution is 2.45. The molecule has 0 aromatic heterocycles. The molecule has 9 heteroatoms.